The number of carbonyl (C=O) groups is 2. The van der Waals surface area contributed by atoms with Crippen LogP contribution in [0.2, 0.25) is 5.02 Å². The van der Waals surface area contributed by atoms with Crippen molar-refractivity contribution in [2.45, 2.75) is 53.4 Å². The summed E-state index contributed by atoms with van der Waals surface area (Å²) in [6, 6.07) is 5.75. The topological polar surface area (TPSA) is 47.0 Å². The minimum atomic E-state index is -0.780. The van der Waals surface area contributed by atoms with E-state index in [1.54, 1.807) is 0 Å². The molecule has 0 N–H and O–H groups in total. The van der Waals surface area contributed by atoms with Crippen molar-refractivity contribution in [1.29, 1.82) is 0 Å². The van der Waals surface area contributed by atoms with Gasteiger partial charge in [0, 0.05) is 21.4 Å². The summed E-state index contributed by atoms with van der Waals surface area (Å²) in [5, 5.41) is 1.52. The molecule has 26 heavy (non-hydrogen) atoms. The van der Waals surface area contributed by atoms with Gasteiger partial charge in [0.25, 0.3) is 0 Å². The van der Waals surface area contributed by atoms with E-state index in [2.05, 4.69) is 18.8 Å². The molecule has 0 aliphatic heterocycles. The number of rotatable bonds is 8. The standard InChI is InChI=1S/C21H26ClNO2S/c1-6-15(9-12(2)3)20(25)17(11-24)19-14(5)26-21(23-19)16-7-8-18(22)13(4)10-16/h7-8,10-12,15,17H,6,9H2,1-5H3/t15-,17?/m1/s1. The predicted octanol–water partition coefficient (Wildman–Crippen LogP) is 6.00. The van der Waals surface area contributed by atoms with E-state index in [4.69, 9.17) is 11.6 Å². The van der Waals surface area contributed by atoms with Gasteiger partial charge in [-0.15, -0.1) is 11.3 Å². The van der Waals surface area contributed by atoms with Crippen molar-refractivity contribution < 1.29 is 9.59 Å². The van der Waals surface area contributed by atoms with Crippen LogP contribution in [0.25, 0.3) is 10.6 Å². The molecule has 2 atom stereocenters. The van der Waals surface area contributed by atoms with Crippen LogP contribution in [-0.4, -0.2) is 17.1 Å². The molecule has 0 bridgehead atoms. The number of aromatic nitrogens is 1. The smallest absolute Gasteiger partial charge is 0.152 e. The third-order valence-electron chi connectivity index (χ3n) is 4.63. The Morgan fingerprint density at radius 1 is 1.31 bits per heavy atom. The molecule has 140 valence electrons. The molecule has 3 nitrogen and oxygen atoms in total. The Morgan fingerprint density at radius 2 is 2.00 bits per heavy atom. The molecule has 2 rings (SSSR count). The summed E-state index contributed by atoms with van der Waals surface area (Å²) < 4.78 is 0. The monoisotopic (exact) mass is 391 g/mol. The number of hydrogen-bond donors (Lipinski definition) is 0. The molecule has 0 saturated heterocycles. The van der Waals surface area contributed by atoms with E-state index < -0.39 is 5.92 Å². The third kappa shape index (κ3) is 4.60. The minimum Gasteiger partial charge on any atom is -0.302 e. The second-order valence-electron chi connectivity index (χ2n) is 7.18. The highest BCUT2D eigenvalue weighted by atomic mass is 35.5. The Hall–Kier alpha value is -1.52. The van der Waals surface area contributed by atoms with E-state index in [0.29, 0.717) is 16.6 Å². The van der Waals surface area contributed by atoms with Crippen LogP contribution in [0, 0.1) is 25.7 Å². The number of thiazole rings is 1. The fourth-order valence-electron chi connectivity index (χ4n) is 3.17. The molecule has 1 unspecified atom stereocenters. The minimum absolute atomic E-state index is 0.0107. The number of carbonyl (C=O) groups excluding carboxylic acids is 2. The highest BCUT2D eigenvalue weighted by Gasteiger charge is 2.30. The first-order chi connectivity index (χ1) is 12.3. The lowest BCUT2D eigenvalue weighted by atomic mass is 9.84. The lowest BCUT2D eigenvalue weighted by Gasteiger charge is -2.19. The normalized spacial score (nSPS) is 13.7. The first-order valence-corrected chi connectivity index (χ1v) is 10.2. The SMILES string of the molecule is CC[C@H](CC(C)C)C(=O)C(C=O)c1nc(-c2ccc(Cl)c(C)c2)sc1C. The van der Waals surface area contributed by atoms with Crippen LogP contribution in [0.4, 0.5) is 0 Å². The number of nitrogens with zero attached hydrogens (tertiary/aromatic N) is 1. The molecule has 5 heteroatoms. The Balaban J connectivity index is 2.36. The molecule has 0 amide bonds. The zero-order valence-electron chi connectivity index (χ0n) is 16.0. The summed E-state index contributed by atoms with van der Waals surface area (Å²) >= 11 is 7.61. The number of benzene rings is 1. The largest absolute Gasteiger partial charge is 0.302 e. The first kappa shape index (κ1) is 20.8. The van der Waals surface area contributed by atoms with Gasteiger partial charge in [0.05, 0.1) is 5.69 Å². The van der Waals surface area contributed by atoms with E-state index in [1.807, 2.05) is 39.0 Å². The summed E-state index contributed by atoms with van der Waals surface area (Å²) in [5.74, 6) is -0.478. The summed E-state index contributed by atoms with van der Waals surface area (Å²) in [7, 11) is 0. The van der Waals surface area contributed by atoms with Crippen molar-refractivity contribution in [3.63, 3.8) is 0 Å². The van der Waals surface area contributed by atoms with Gasteiger partial charge in [0.15, 0.2) is 5.78 Å². The second-order valence-corrected chi connectivity index (χ2v) is 8.79. The molecular weight excluding hydrogens is 366 g/mol. The van der Waals surface area contributed by atoms with Gasteiger partial charge < -0.3 is 4.79 Å². The van der Waals surface area contributed by atoms with E-state index in [9.17, 15) is 9.59 Å². The van der Waals surface area contributed by atoms with Crippen LogP contribution < -0.4 is 0 Å². The number of aldehydes is 1. The number of hydrogen-bond acceptors (Lipinski definition) is 4. The summed E-state index contributed by atoms with van der Waals surface area (Å²) in [5.41, 5.74) is 2.53. The maximum atomic E-state index is 13.0. The molecule has 0 radical (unpaired) electrons. The van der Waals surface area contributed by atoms with Crippen molar-refractivity contribution in [3.8, 4) is 10.6 Å². The fourth-order valence-corrected chi connectivity index (χ4v) is 4.24. The van der Waals surface area contributed by atoms with Crippen molar-refractivity contribution in [1.82, 2.24) is 4.98 Å². The molecule has 0 saturated carbocycles. The van der Waals surface area contributed by atoms with E-state index >= 15 is 0 Å². The van der Waals surface area contributed by atoms with Gasteiger partial charge in [0.1, 0.15) is 17.2 Å². The van der Waals surface area contributed by atoms with Crippen LogP contribution in [0.15, 0.2) is 18.2 Å². The summed E-state index contributed by atoms with van der Waals surface area (Å²) in [4.78, 5) is 30.3. The van der Waals surface area contributed by atoms with Crippen LogP contribution in [0.1, 0.15) is 55.7 Å². The van der Waals surface area contributed by atoms with Gasteiger partial charge in [-0.25, -0.2) is 4.98 Å². The fraction of sp³-hybridized carbons (Fsp3) is 0.476. The molecule has 0 fully saturated rings. The van der Waals surface area contributed by atoms with Gasteiger partial charge in [-0.1, -0.05) is 38.4 Å². The molecule has 0 aliphatic carbocycles. The average Bonchev–Trinajstić information content (AvgIpc) is 2.97. The second kappa shape index (κ2) is 8.92. The van der Waals surface area contributed by atoms with Gasteiger partial charge in [-0.3, -0.25) is 4.79 Å². The van der Waals surface area contributed by atoms with Gasteiger partial charge in [0.2, 0.25) is 0 Å². The Bertz CT molecular complexity index is 797. The molecule has 2 aromatic rings. The Labute approximate surface area is 164 Å². The maximum absolute atomic E-state index is 13.0. The first-order valence-electron chi connectivity index (χ1n) is 9.01. The molecule has 0 spiro atoms. The van der Waals surface area contributed by atoms with Crippen molar-refractivity contribution in [2.24, 2.45) is 11.8 Å². The van der Waals surface area contributed by atoms with Crippen LogP contribution in [0.5, 0.6) is 0 Å². The van der Waals surface area contributed by atoms with E-state index in [-0.39, 0.29) is 11.7 Å². The van der Waals surface area contributed by atoms with Gasteiger partial charge in [-0.2, -0.15) is 0 Å². The maximum Gasteiger partial charge on any atom is 0.152 e. The molecule has 1 aromatic heterocycles. The van der Waals surface area contributed by atoms with Crippen molar-refractivity contribution in [2.75, 3.05) is 0 Å². The number of Topliss-reactive ketones (excluding diaryl/α,β-unsaturated/α-hetero) is 1. The van der Waals surface area contributed by atoms with E-state index in [0.717, 1.165) is 40.1 Å². The lowest BCUT2D eigenvalue weighted by Crippen LogP contribution is -2.25. The zero-order chi connectivity index (χ0) is 19.4. The number of aryl methyl sites for hydroxylation is 2. The average molecular weight is 392 g/mol. The molecule has 1 aromatic carbocycles. The summed E-state index contributed by atoms with van der Waals surface area (Å²) in [6.07, 6.45) is 2.30. The van der Waals surface area contributed by atoms with Crippen molar-refractivity contribution >= 4 is 35.0 Å². The highest BCUT2D eigenvalue weighted by Crippen LogP contribution is 2.34. The van der Waals surface area contributed by atoms with Crippen LogP contribution in [0.3, 0.4) is 0 Å². The molecular formula is C21H26ClNO2S. The Kier molecular flexibility index (Phi) is 7.13. The predicted molar refractivity (Wildman–Crippen MR) is 109 cm³/mol. The van der Waals surface area contributed by atoms with Crippen LogP contribution >= 0.6 is 22.9 Å². The van der Waals surface area contributed by atoms with Crippen LogP contribution in [-0.2, 0) is 9.59 Å². The zero-order valence-corrected chi connectivity index (χ0v) is 17.6. The van der Waals surface area contributed by atoms with Gasteiger partial charge in [-0.05, 0) is 50.3 Å². The van der Waals surface area contributed by atoms with Crippen molar-refractivity contribution in [3.05, 3.63) is 39.4 Å². The highest BCUT2D eigenvalue weighted by molar-refractivity contribution is 7.15. The quantitative estimate of drug-likeness (QED) is 0.409. The third-order valence-corrected chi connectivity index (χ3v) is 6.09. The Morgan fingerprint density at radius 3 is 2.54 bits per heavy atom. The molecule has 0 aliphatic rings. The lowest BCUT2D eigenvalue weighted by molar-refractivity contribution is -0.128. The summed E-state index contributed by atoms with van der Waals surface area (Å²) in [6.45, 7) is 10.1. The van der Waals surface area contributed by atoms with E-state index in [1.165, 1.54) is 11.3 Å². The van der Waals surface area contributed by atoms with Gasteiger partial charge >= 0.3 is 0 Å². The number of ketones is 1. The number of halogens is 1. The molecule has 1 heterocycles.